The molecule has 1 aliphatic heterocycles. The van der Waals surface area contributed by atoms with Gasteiger partial charge in [0.2, 0.25) is 0 Å². The third-order valence-electron chi connectivity index (χ3n) is 4.23. The molecule has 1 aliphatic rings. The number of carbonyl (C=O) groups is 1. The number of carbonyl (C=O) groups excluding carboxylic acids is 1. The van der Waals surface area contributed by atoms with Gasteiger partial charge in [0.25, 0.3) is 5.91 Å². The van der Waals surface area contributed by atoms with E-state index in [0.717, 1.165) is 42.6 Å². The first-order valence-corrected chi connectivity index (χ1v) is 8.01. The van der Waals surface area contributed by atoms with Crippen molar-refractivity contribution in [2.75, 3.05) is 13.1 Å². The number of benzene rings is 2. The number of hydrogen-bond acceptors (Lipinski definition) is 2. The van der Waals surface area contributed by atoms with E-state index in [-0.39, 0.29) is 29.9 Å². The number of nitrogens with one attached hydrogen (secondary N) is 2. The highest BCUT2D eigenvalue weighted by molar-refractivity contribution is 5.95. The minimum absolute atomic E-state index is 0. The smallest absolute Gasteiger partial charge is 0.254 e. The third-order valence-corrected chi connectivity index (χ3v) is 4.23. The summed E-state index contributed by atoms with van der Waals surface area (Å²) in [5.74, 6) is -0.823. The van der Waals surface area contributed by atoms with Crippen molar-refractivity contribution >= 4 is 18.3 Å². The number of aryl methyl sites for hydroxylation is 1. The van der Waals surface area contributed by atoms with Crippen molar-refractivity contribution in [3.8, 4) is 11.1 Å². The lowest BCUT2D eigenvalue weighted by Gasteiger charge is -2.23. The Hall–Kier alpha value is -1.91. The molecule has 2 N–H and O–H groups in total. The fourth-order valence-electron chi connectivity index (χ4n) is 2.86. The summed E-state index contributed by atoms with van der Waals surface area (Å²) in [6, 6.07) is 12.8. The van der Waals surface area contributed by atoms with Gasteiger partial charge in [-0.2, -0.15) is 0 Å². The van der Waals surface area contributed by atoms with Crippen LogP contribution in [0.1, 0.15) is 28.8 Å². The second-order valence-electron chi connectivity index (χ2n) is 6.08. The predicted octanol–water partition coefficient (Wildman–Crippen LogP) is 3.70. The molecule has 0 aromatic heterocycles. The maximum atomic E-state index is 14.3. The van der Waals surface area contributed by atoms with E-state index in [1.807, 2.05) is 31.2 Å². The van der Waals surface area contributed by atoms with Crippen LogP contribution in [0.15, 0.2) is 42.5 Å². The molecule has 0 saturated carbocycles. The number of hydrogen-bond donors (Lipinski definition) is 2. The first-order valence-electron chi connectivity index (χ1n) is 8.01. The molecule has 1 fully saturated rings. The summed E-state index contributed by atoms with van der Waals surface area (Å²) in [5.41, 5.74) is 2.98. The Morgan fingerprint density at radius 3 is 2.50 bits per heavy atom. The minimum Gasteiger partial charge on any atom is -0.348 e. The fourth-order valence-corrected chi connectivity index (χ4v) is 2.86. The van der Waals surface area contributed by atoms with Gasteiger partial charge in [-0.15, -0.1) is 12.4 Å². The van der Waals surface area contributed by atoms with Crippen molar-refractivity contribution in [3.63, 3.8) is 0 Å². The van der Waals surface area contributed by atoms with E-state index in [0.29, 0.717) is 0 Å². The monoisotopic (exact) mass is 348 g/mol. The molecule has 0 aliphatic carbocycles. The Labute approximate surface area is 148 Å². The average molecular weight is 349 g/mol. The fraction of sp³-hybridized carbons (Fsp3) is 0.316. The largest absolute Gasteiger partial charge is 0.348 e. The topological polar surface area (TPSA) is 41.1 Å². The number of amides is 1. The van der Waals surface area contributed by atoms with Crippen LogP contribution in [0.3, 0.4) is 0 Å². The Morgan fingerprint density at radius 2 is 1.88 bits per heavy atom. The number of halogens is 2. The summed E-state index contributed by atoms with van der Waals surface area (Å²) in [7, 11) is 0. The first kappa shape index (κ1) is 18.4. The van der Waals surface area contributed by atoms with Crippen LogP contribution in [0.5, 0.6) is 0 Å². The molecule has 3 rings (SSSR count). The van der Waals surface area contributed by atoms with Crippen LogP contribution < -0.4 is 10.6 Å². The highest BCUT2D eigenvalue weighted by Crippen LogP contribution is 2.22. The summed E-state index contributed by atoms with van der Waals surface area (Å²) in [4.78, 5) is 12.2. The zero-order chi connectivity index (χ0) is 16.2. The van der Waals surface area contributed by atoms with Crippen molar-refractivity contribution < 1.29 is 9.18 Å². The molecule has 1 amide bonds. The van der Waals surface area contributed by atoms with Crippen molar-refractivity contribution in [1.29, 1.82) is 0 Å². The van der Waals surface area contributed by atoms with Crippen molar-refractivity contribution in [1.82, 2.24) is 10.6 Å². The lowest BCUT2D eigenvalue weighted by atomic mass is 10.0. The van der Waals surface area contributed by atoms with Gasteiger partial charge in [-0.05, 0) is 49.6 Å². The van der Waals surface area contributed by atoms with Gasteiger partial charge in [-0.25, -0.2) is 4.39 Å². The van der Waals surface area contributed by atoms with Crippen LogP contribution >= 0.6 is 12.4 Å². The van der Waals surface area contributed by atoms with E-state index in [2.05, 4.69) is 10.6 Å². The number of rotatable bonds is 3. The Balaban J connectivity index is 0.00000208. The molecule has 1 saturated heterocycles. The molecular formula is C19H22ClFN2O. The molecule has 0 radical (unpaired) electrons. The van der Waals surface area contributed by atoms with E-state index in [4.69, 9.17) is 0 Å². The van der Waals surface area contributed by atoms with Crippen LogP contribution in [0, 0.1) is 12.7 Å². The van der Waals surface area contributed by atoms with Gasteiger partial charge >= 0.3 is 0 Å². The van der Waals surface area contributed by atoms with Gasteiger partial charge in [0.1, 0.15) is 5.82 Å². The Morgan fingerprint density at radius 1 is 1.17 bits per heavy atom. The van der Waals surface area contributed by atoms with Gasteiger partial charge < -0.3 is 10.6 Å². The maximum Gasteiger partial charge on any atom is 0.254 e. The SMILES string of the molecule is Cc1ccc(-c2ccc(C(=O)N[C@H]3CCCNC3)c(F)c2)cc1.Cl. The summed E-state index contributed by atoms with van der Waals surface area (Å²) in [6.45, 7) is 3.73. The second-order valence-corrected chi connectivity index (χ2v) is 6.08. The van der Waals surface area contributed by atoms with E-state index in [1.54, 1.807) is 12.1 Å². The van der Waals surface area contributed by atoms with Crippen LogP contribution in [-0.4, -0.2) is 25.0 Å². The van der Waals surface area contributed by atoms with Crippen molar-refractivity contribution in [2.24, 2.45) is 0 Å². The molecular weight excluding hydrogens is 327 g/mol. The quantitative estimate of drug-likeness (QED) is 0.888. The van der Waals surface area contributed by atoms with E-state index >= 15 is 0 Å². The van der Waals surface area contributed by atoms with Crippen LogP contribution in [0.25, 0.3) is 11.1 Å². The molecule has 2 aromatic carbocycles. The third kappa shape index (κ3) is 4.34. The van der Waals surface area contributed by atoms with Crippen molar-refractivity contribution in [3.05, 3.63) is 59.4 Å². The van der Waals surface area contributed by atoms with Crippen LogP contribution in [0.2, 0.25) is 0 Å². The molecule has 2 aromatic rings. The van der Waals surface area contributed by atoms with E-state index in [9.17, 15) is 9.18 Å². The molecule has 0 unspecified atom stereocenters. The Kier molecular flexibility index (Phi) is 6.35. The van der Waals surface area contributed by atoms with Crippen molar-refractivity contribution in [2.45, 2.75) is 25.8 Å². The predicted molar refractivity (Wildman–Crippen MR) is 97.2 cm³/mol. The zero-order valence-corrected chi connectivity index (χ0v) is 14.5. The van der Waals surface area contributed by atoms with E-state index < -0.39 is 5.82 Å². The molecule has 1 heterocycles. The normalized spacial score (nSPS) is 17.0. The number of piperidine rings is 1. The van der Waals surface area contributed by atoms with Crippen LogP contribution in [-0.2, 0) is 0 Å². The summed E-state index contributed by atoms with van der Waals surface area (Å²) >= 11 is 0. The highest BCUT2D eigenvalue weighted by Gasteiger charge is 2.18. The first-order chi connectivity index (χ1) is 11.1. The maximum absolute atomic E-state index is 14.3. The van der Waals surface area contributed by atoms with Gasteiger partial charge in [-0.1, -0.05) is 35.9 Å². The summed E-state index contributed by atoms with van der Waals surface area (Å²) in [5, 5.41) is 6.13. The molecule has 1 atom stereocenters. The van der Waals surface area contributed by atoms with Gasteiger partial charge in [-0.3, -0.25) is 4.79 Å². The minimum atomic E-state index is -0.482. The molecule has 3 nitrogen and oxygen atoms in total. The van der Waals surface area contributed by atoms with Gasteiger partial charge in [0, 0.05) is 12.6 Å². The zero-order valence-electron chi connectivity index (χ0n) is 13.6. The van der Waals surface area contributed by atoms with Gasteiger partial charge in [0.05, 0.1) is 5.56 Å². The standard InChI is InChI=1S/C19H21FN2O.ClH/c1-13-4-6-14(7-5-13)15-8-9-17(18(20)11-15)19(23)22-16-3-2-10-21-12-16;/h4-9,11,16,21H,2-3,10,12H2,1H3,(H,22,23);1H/t16-;/m0./s1. The lowest BCUT2D eigenvalue weighted by molar-refractivity contribution is 0.0926. The average Bonchev–Trinajstić information content (AvgIpc) is 2.56. The molecule has 5 heteroatoms. The molecule has 24 heavy (non-hydrogen) atoms. The lowest BCUT2D eigenvalue weighted by Crippen LogP contribution is -2.45. The van der Waals surface area contributed by atoms with E-state index in [1.165, 1.54) is 6.07 Å². The highest BCUT2D eigenvalue weighted by atomic mass is 35.5. The van der Waals surface area contributed by atoms with Gasteiger partial charge in [0.15, 0.2) is 0 Å². The molecule has 0 bridgehead atoms. The second kappa shape index (κ2) is 8.27. The summed E-state index contributed by atoms with van der Waals surface area (Å²) < 4.78 is 14.3. The Bertz CT molecular complexity index is 697. The molecule has 128 valence electrons. The van der Waals surface area contributed by atoms with Crippen LogP contribution in [0.4, 0.5) is 4.39 Å². The molecule has 0 spiro atoms. The summed E-state index contributed by atoms with van der Waals surface area (Å²) in [6.07, 6.45) is 1.96.